The number of nitrogens with zero attached hydrogens (tertiary/aromatic N) is 2. The number of anilines is 1. The lowest BCUT2D eigenvalue weighted by atomic mass is 10.0. The summed E-state index contributed by atoms with van der Waals surface area (Å²) in [4.78, 5) is 28.1. The molecule has 0 aromatic heterocycles. The fourth-order valence-electron chi connectivity index (χ4n) is 7.48. The number of carbonyl (C=O) groups is 2. The summed E-state index contributed by atoms with van der Waals surface area (Å²) in [6.07, 6.45) is 10.2. The van der Waals surface area contributed by atoms with Crippen LogP contribution in [0.5, 0.6) is 23.0 Å². The van der Waals surface area contributed by atoms with Crippen molar-refractivity contribution in [1.29, 1.82) is 0 Å². The molecule has 0 saturated carbocycles. The summed E-state index contributed by atoms with van der Waals surface area (Å²) in [7, 11) is 9.14. The minimum atomic E-state index is -0.375. The Labute approximate surface area is 351 Å². The first kappa shape index (κ1) is 44.8. The van der Waals surface area contributed by atoms with Crippen LogP contribution in [0.25, 0.3) is 11.1 Å². The number of likely N-dealkylation sites (N-methyl/N-ethyl adjacent to an activating group) is 1. The van der Waals surface area contributed by atoms with E-state index in [1.807, 2.05) is 78.9 Å². The summed E-state index contributed by atoms with van der Waals surface area (Å²) < 4.78 is 28.9. The first-order valence-electron chi connectivity index (χ1n) is 21.1. The number of likely N-dealkylation sites (tertiary alicyclic amines) is 1. The molecule has 4 aromatic carbocycles. The van der Waals surface area contributed by atoms with E-state index in [-0.39, 0.29) is 18.1 Å². The number of hydrogen-bond donors (Lipinski definition) is 2. The third-order valence-corrected chi connectivity index (χ3v) is 11.1. The number of rotatable bonds is 23. The Balaban J connectivity index is 0.863. The molecule has 0 radical (unpaired) electrons. The molecular formula is C48H65N4O7+. The SMILES string of the molecule is COc1cc(C(=O)NCc2ccc(OCC[N+](C)(C)CCCCCCCCCN3CCC(OC(=O)Nc4ccccc4-c4ccccc4)CC3)cc2)cc(OC)c1OC. The van der Waals surface area contributed by atoms with E-state index in [9.17, 15) is 9.59 Å². The fourth-order valence-corrected chi connectivity index (χ4v) is 7.48. The second-order valence-electron chi connectivity index (χ2n) is 15.9. The van der Waals surface area contributed by atoms with Crippen molar-refractivity contribution < 1.29 is 37.8 Å². The highest BCUT2D eigenvalue weighted by Gasteiger charge is 2.23. The Kier molecular flexibility index (Phi) is 17.8. The highest BCUT2D eigenvalue weighted by atomic mass is 16.6. The molecule has 0 unspecified atom stereocenters. The molecule has 0 bridgehead atoms. The second kappa shape index (κ2) is 23.4. The van der Waals surface area contributed by atoms with Gasteiger partial charge in [-0.25, -0.2) is 4.79 Å². The molecule has 0 aliphatic carbocycles. The Hall–Kier alpha value is -5.26. The highest BCUT2D eigenvalue weighted by molar-refractivity contribution is 5.95. The van der Waals surface area contributed by atoms with Gasteiger partial charge >= 0.3 is 6.09 Å². The van der Waals surface area contributed by atoms with Gasteiger partial charge in [-0.3, -0.25) is 10.1 Å². The van der Waals surface area contributed by atoms with Crippen LogP contribution in [-0.2, 0) is 11.3 Å². The van der Waals surface area contributed by atoms with Crippen molar-refractivity contribution >= 4 is 17.7 Å². The monoisotopic (exact) mass is 809 g/mol. The lowest BCUT2D eigenvalue weighted by Crippen LogP contribution is -2.43. The van der Waals surface area contributed by atoms with Crippen LogP contribution in [0.3, 0.4) is 0 Å². The molecule has 2 amide bonds. The maximum Gasteiger partial charge on any atom is 0.411 e. The van der Waals surface area contributed by atoms with Crippen LogP contribution in [-0.4, -0.2) is 102 Å². The number of ether oxygens (including phenoxy) is 5. The molecule has 1 saturated heterocycles. The third kappa shape index (κ3) is 14.5. The number of quaternary nitrogens is 1. The van der Waals surface area contributed by atoms with Crippen molar-refractivity contribution in [1.82, 2.24) is 10.2 Å². The minimum Gasteiger partial charge on any atom is -0.493 e. The van der Waals surface area contributed by atoms with Crippen LogP contribution in [0.1, 0.15) is 73.7 Å². The van der Waals surface area contributed by atoms with Crippen LogP contribution in [0.15, 0.2) is 91.0 Å². The van der Waals surface area contributed by atoms with Gasteiger partial charge in [-0.15, -0.1) is 0 Å². The Morgan fingerprint density at radius 1 is 0.729 bits per heavy atom. The van der Waals surface area contributed by atoms with Gasteiger partial charge in [-0.1, -0.05) is 86.3 Å². The number of benzene rings is 4. The number of unbranched alkanes of at least 4 members (excludes halogenated alkanes) is 6. The quantitative estimate of drug-likeness (QED) is 0.0565. The zero-order chi connectivity index (χ0) is 41.9. The molecule has 318 valence electrons. The minimum absolute atomic E-state index is 0.0395. The average molecular weight is 810 g/mol. The molecule has 0 spiro atoms. The Morgan fingerprint density at radius 3 is 2.02 bits per heavy atom. The predicted molar refractivity (Wildman–Crippen MR) is 235 cm³/mol. The molecular weight excluding hydrogens is 745 g/mol. The molecule has 11 nitrogen and oxygen atoms in total. The molecule has 2 N–H and O–H groups in total. The summed E-state index contributed by atoms with van der Waals surface area (Å²) in [6.45, 7) is 6.18. The van der Waals surface area contributed by atoms with Crippen LogP contribution in [0, 0.1) is 0 Å². The van der Waals surface area contributed by atoms with Gasteiger partial charge in [0.25, 0.3) is 5.91 Å². The highest BCUT2D eigenvalue weighted by Crippen LogP contribution is 2.38. The topological polar surface area (TPSA) is 108 Å². The summed E-state index contributed by atoms with van der Waals surface area (Å²) in [5.74, 6) is 1.90. The van der Waals surface area contributed by atoms with E-state index < -0.39 is 0 Å². The van der Waals surface area contributed by atoms with Gasteiger partial charge in [0, 0.05) is 30.8 Å². The van der Waals surface area contributed by atoms with Gasteiger partial charge in [0.1, 0.15) is 25.0 Å². The number of nitrogens with one attached hydrogen (secondary N) is 2. The normalized spacial score (nSPS) is 13.4. The largest absolute Gasteiger partial charge is 0.493 e. The van der Waals surface area contributed by atoms with Crippen molar-refractivity contribution in [3.8, 4) is 34.1 Å². The van der Waals surface area contributed by atoms with E-state index >= 15 is 0 Å². The van der Waals surface area contributed by atoms with E-state index in [1.54, 1.807) is 12.1 Å². The number of amides is 2. The van der Waals surface area contributed by atoms with Crippen LogP contribution >= 0.6 is 0 Å². The van der Waals surface area contributed by atoms with E-state index in [0.717, 1.165) is 78.2 Å². The number of para-hydroxylation sites is 1. The van der Waals surface area contributed by atoms with Crippen molar-refractivity contribution in [2.75, 3.05) is 80.1 Å². The fraction of sp³-hybridized carbons (Fsp3) is 0.458. The van der Waals surface area contributed by atoms with Gasteiger partial charge in [0.15, 0.2) is 11.5 Å². The van der Waals surface area contributed by atoms with Crippen molar-refractivity contribution in [3.05, 3.63) is 102 Å². The van der Waals surface area contributed by atoms with E-state index in [4.69, 9.17) is 23.7 Å². The molecule has 0 atom stereocenters. The molecule has 1 fully saturated rings. The van der Waals surface area contributed by atoms with Gasteiger partial charge in [-0.05, 0) is 80.1 Å². The van der Waals surface area contributed by atoms with Crippen LogP contribution < -0.4 is 29.6 Å². The number of carbonyl (C=O) groups excluding carboxylic acids is 2. The summed E-state index contributed by atoms with van der Waals surface area (Å²) in [5.41, 5.74) is 4.22. The first-order valence-corrected chi connectivity index (χ1v) is 21.1. The zero-order valence-corrected chi connectivity index (χ0v) is 35.8. The number of piperidine rings is 1. The molecule has 1 heterocycles. The Morgan fingerprint density at radius 2 is 1.36 bits per heavy atom. The smallest absolute Gasteiger partial charge is 0.411 e. The standard InChI is InChI=1S/C48H64N4O7/c1-52(2,32-33-58-40-24-22-37(23-25-40)36-49-47(53)39-34-44(55-3)46(57-5)45(35-39)56-4)31-17-10-8-6-7-9-16-28-51-29-26-41(27-30-51)59-48(54)50-43-21-15-14-20-42(43)38-18-12-11-13-19-38/h11-15,18-25,34-35,41H,6-10,16-17,26-33,36H2,1-5H3,(H-,49,50,53,54)/p+1. The molecule has 4 aromatic rings. The summed E-state index contributed by atoms with van der Waals surface area (Å²) in [6, 6.07) is 29.1. The summed E-state index contributed by atoms with van der Waals surface area (Å²) in [5, 5.41) is 5.93. The molecule has 5 rings (SSSR count). The molecule has 1 aliphatic rings. The van der Waals surface area contributed by atoms with E-state index in [0.29, 0.717) is 36.0 Å². The first-order chi connectivity index (χ1) is 28.7. The van der Waals surface area contributed by atoms with Gasteiger partial charge in [0.05, 0.1) is 47.7 Å². The van der Waals surface area contributed by atoms with Gasteiger partial charge in [-0.2, -0.15) is 0 Å². The maximum atomic E-state index is 12.9. The van der Waals surface area contributed by atoms with Gasteiger partial charge in [0.2, 0.25) is 5.75 Å². The van der Waals surface area contributed by atoms with Crippen molar-refractivity contribution in [2.45, 2.75) is 70.4 Å². The summed E-state index contributed by atoms with van der Waals surface area (Å²) >= 11 is 0. The van der Waals surface area contributed by atoms with Crippen LogP contribution in [0.2, 0.25) is 0 Å². The number of methoxy groups -OCH3 is 3. The molecule has 59 heavy (non-hydrogen) atoms. The maximum absolute atomic E-state index is 12.9. The molecule has 1 aliphatic heterocycles. The Bertz CT molecular complexity index is 1850. The predicted octanol–water partition coefficient (Wildman–Crippen LogP) is 9.21. The van der Waals surface area contributed by atoms with Gasteiger partial charge < -0.3 is 38.4 Å². The number of hydrogen-bond acceptors (Lipinski definition) is 8. The third-order valence-electron chi connectivity index (χ3n) is 11.1. The average Bonchev–Trinajstić information content (AvgIpc) is 3.25. The van der Waals surface area contributed by atoms with Crippen molar-refractivity contribution in [2.24, 2.45) is 0 Å². The molecule has 11 heteroatoms. The van der Waals surface area contributed by atoms with Crippen LogP contribution in [0.4, 0.5) is 10.5 Å². The lowest BCUT2D eigenvalue weighted by molar-refractivity contribution is -0.890. The zero-order valence-electron chi connectivity index (χ0n) is 35.8. The van der Waals surface area contributed by atoms with E-state index in [2.05, 4.69) is 29.6 Å². The lowest BCUT2D eigenvalue weighted by Gasteiger charge is -2.31. The van der Waals surface area contributed by atoms with E-state index in [1.165, 1.54) is 66.3 Å². The second-order valence-corrected chi connectivity index (χ2v) is 15.9. The van der Waals surface area contributed by atoms with Crippen molar-refractivity contribution in [3.63, 3.8) is 0 Å².